The van der Waals surface area contributed by atoms with Crippen LogP contribution in [0.5, 0.6) is 5.75 Å². The number of aromatic hydroxyl groups is 1. The number of benzene rings is 4. The number of nitrogens with zero attached hydrogens (tertiary/aromatic N) is 2. The van der Waals surface area contributed by atoms with Crippen molar-refractivity contribution >= 4 is 0 Å². The van der Waals surface area contributed by atoms with Crippen LogP contribution in [0.15, 0.2) is 128 Å². The first-order chi connectivity index (χ1) is 20.4. The van der Waals surface area contributed by atoms with Crippen LogP contribution in [0.25, 0.3) is 33.5 Å². The van der Waals surface area contributed by atoms with Gasteiger partial charge in [-0.25, -0.2) is 0 Å². The Morgan fingerprint density at radius 3 is 1.93 bits per heavy atom. The van der Waals surface area contributed by atoms with Crippen molar-refractivity contribution in [3.63, 3.8) is 0 Å². The molecule has 0 aliphatic heterocycles. The zero-order valence-corrected chi connectivity index (χ0v) is 26.6. The third-order valence-electron chi connectivity index (χ3n) is 8.36. The molecular weight excluding hydrogens is 708 g/mol. The summed E-state index contributed by atoms with van der Waals surface area (Å²) in [6.45, 7) is 6.53. The molecule has 7 rings (SSSR count). The molecule has 0 amide bonds. The molecule has 3 nitrogen and oxygen atoms in total. The maximum Gasteiger partial charge on any atom is 0.105 e. The van der Waals surface area contributed by atoms with Crippen LogP contribution >= 0.6 is 0 Å². The van der Waals surface area contributed by atoms with E-state index in [1.807, 2.05) is 48.7 Å². The summed E-state index contributed by atoms with van der Waals surface area (Å²) in [4.78, 5) is 10.3. The van der Waals surface area contributed by atoms with E-state index in [1.165, 1.54) is 22.3 Å². The molecule has 0 atom stereocenters. The Labute approximate surface area is 267 Å². The van der Waals surface area contributed by atoms with Crippen LogP contribution in [0, 0.1) is 6.07 Å². The summed E-state index contributed by atoms with van der Waals surface area (Å²) in [6.07, 6.45) is 1.86. The number of fused-ring (bicyclic) bond motifs is 3. The number of hydrogen-bond donors (Lipinski definition) is 1. The molecule has 214 valence electrons. The molecule has 2 heterocycles. The third kappa shape index (κ3) is 4.73. The summed E-state index contributed by atoms with van der Waals surface area (Å²) in [5.41, 5.74) is 10.3. The van der Waals surface area contributed by atoms with Gasteiger partial charge in [0.15, 0.2) is 0 Å². The van der Waals surface area contributed by atoms with Gasteiger partial charge in [-0.2, -0.15) is 0 Å². The molecule has 4 heteroatoms. The first-order valence-electron chi connectivity index (χ1n) is 14.3. The van der Waals surface area contributed by atoms with E-state index in [2.05, 4.69) is 99.6 Å². The maximum atomic E-state index is 10.8. The van der Waals surface area contributed by atoms with Crippen molar-refractivity contribution in [1.82, 2.24) is 9.97 Å². The molecular formula is C39H31N2OPt-. The van der Waals surface area contributed by atoms with Gasteiger partial charge < -0.3 is 5.11 Å². The van der Waals surface area contributed by atoms with Crippen LogP contribution in [0.3, 0.4) is 0 Å². The number of hydrogen-bond acceptors (Lipinski definition) is 3. The number of rotatable bonds is 4. The van der Waals surface area contributed by atoms with Crippen molar-refractivity contribution in [2.24, 2.45) is 0 Å². The Hall–Kier alpha value is -4.33. The van der Waals surface area contributed by atoms with Crippen LogP contribution in [0.2, 0.25) is 0 Å². The quantitative estimate of drug-likeness (QED) is 0.184. The van der Waals surface area contributed by atoms with Crippen LogP contribution in [-0.4, -0.2) is 15.1 Å². The topological polar surface area (TPSA) is 46.0 Å². The van der Waals surface area contributed by atoms with Gasteiger partial charge in [-0.05, 0) is 63.1 Å². The Morgan fingerprint density at radius 1 is 0.628 bits per heavy atom. The van der Waals surface area contributed by atoms with Crippen LogP contribution in [0.1, 0.15) is 48.8 Å². The molecule has 1 N–H and O–H groups in total. The second-order valence-corrected chi connectivity index (χ2v) is 11.9. The molecule has 0 fully saturated rings. The average molecular weight is 739 g/mol. The van der Waals surface area contributed by atoms with Crippen LogP contribution in [0.4, 0.5) is 0 Å². The smallest absolute Gasteiger partial charge is 0.105 e. The average Bonchev–Trinajstić information content (AvgIpc) is 3.33. The van der Waals surface area contributed by atoms with Gasteiger partial charge in [0.05, 0.1) is 17.1 Å². The zero-order valence-electron chi connectivity index (χ0n) is 24.3. The Morgan fingerprint density at radius 2 is 1.26 bits per heavy atom. The predicted molar refractivity (Wildman–Crippen MR) is 169 cm³/mol. The number of phenols is 1. The molecule has 43 heavy (non-hydrogen) atoms. The minimum Gasteiger partial charge on any atom is -0.515 e. The Bertz CT molecular complexity index is 1900. The molecule has 1 aliphatic rings. The molecule has 0 radical (unpaired) electrons. The number of phenolic OH excluding ortho intramolecular Hbond substituents is 1. The molecule has 2 aromatic heterocycles. The zero-order chi connectivity index (χ0) is 28.9. The van der Waals surface area contributed by atoms with E-state index in [4.69, 9.17) is 9.97 Å². The number of aromatic nitrogens is 2. The summed E-state index contributed by atoms with van der Waals surface area (Å²) < 4.78 is 0. The van der Waals surface area contributed by atoms with E-state index < -0.39 is 5.41 Å². The van der Waals surface area contributed by atoms with Crippen molar-refractivity contribution in [3.05, 3.63) is 162 Å². The van der Waals surface area contributed by atoms with Crippen molar-refractivity contribution in [3.8, 4) is 39.3 Å². The van der Waals surface area contributed by atoms with E-state index in [1.54, 1.807) is 6.07 Å². The first kappa shape index (κ1) is 28.8. The van der Waals surface area contributed by atoms with E-state index in [0.717, 1.165) is 39.3 Å². The molecule has 0 bridgehead atoms. The first-order valence-corrected chi connectivity index (χ1v) is 14.3. The second-order valence-electron chi connectivity index (χ2n) is 11.9. The van der Waals surface area contributed by atoms with E-state index in [-0.39, 0.29) is 32.2 Å². The van der Waals surface area contributed by atoms with Crippen LogP contribution in [-0.2, 0) is 31.9 Å². The molecule has 1 aliphatic carbocycles. The van der Waals surface area contributed by atoms with Crippen molar-refractivity contribution in [2.45, 2.75) is 31.6 Å². The molecule has 0 saturated heterocycles. The third-order valence-corrected chi connectivity index (χ3v) is 8.36. The maximum absolute atomic E-state index is 10.8. The standard InChI is InChI=1S/C39H31N2O.Pt/c1-38(2,3)28-21-22-35(42)31(25-28)26-12-10-13-27(24-26)34-18-11-20-37(41-34)39(36-19-8-9-23-40-36)32-16-6-4-14-29(32)30-15-5-7-17-33(30)39;/h4-23,25,42H,1-3H3;/q-1;. The van der Waals surface area contributed by atoms with Crippen molar-refractivity contribution in [2.75, 3.05) is 0 Å². The van der Waals surface area contributed by atoms with Gasteiger partial charge >= 0.3 is 0 Å². The molecule has 0 spiro atoms. The minimum absolute atomic E-state index is 0. The monoisotopic (exact) mass is 738 g/mol. The van der Waals surface area contributed by atoms with Gasteiger partial charge in [-0.15, -0.1) is 29.8 Å². The SMILES string of the molecule is CC(C)(C)c1ccc(O)c(-c2[c-]c(-c3cccc(C4(c5ccccn5)c5ccccc5-c5ccccc54)n3)ccc2)c1.[Pt]. The normalized spacial score (nSPS) is 13.1. The summed E-state index contributed by atoms with van der Waals surface area (Å²) in [6, 6.07) is 44.9. The van der Waals surface area contributed by atoms with Gasteiger partial charge in [0.2, 0.25) is 0 Å². The van der Waals surface area contributed by atoms with E-state index in [0.29, 0.717) is 0 Å². The fourth-order valence-electron chi connectivity index (χ4n) is 6.29. The molecule has 0 saturated carbocycles. The van der Waals surface area contributed by atoms with Gasteiger partial charge in [-0.1, -0.05) is 105 Å². The molecule has 4 aromatic carbocycles. The summed E-state index contributed by atoms with van der Waals surface area (Å²) in [5.74, 6) is 0.242. The van der Waals surface area contributed by atoms with Crippen LogP contribution < -0.4 is 0 Å². The van der Waals surface area contributed by atoms with Gasteiger partial charge in [0.25, 0.3) is 0 Å². The Balaban J connectivity index is 0.00000329. The fraction of sp³-hybridized carbons (Fsp3) is 0.128. The van der Waals surface area contributed by atoms with E-state index in [9.17, 15) is 5.11 Å². The fourth-order valence-corrected chi connectivity index (χ4v) is 6.29. The molecule has 0 unspecified atom stereocenters. The molecule has 6 aromatic rings. The van der Waals surface area contributed by atoms with Gasteiger partial charge in [0, 0.05) is 33.0 Å². The predicted octanol–water partition coefficient (Wildman–Crippen LogP) is 8.97. The van der Waals surface area contributed by atoms with Gasteiger partial charge in [-0.3, -0.25) is 9.97 Å². The van der Waals surface area contributed by atoms with E-state index >= 15 is 0 Å². The summed E-state index contributed by atoms with van der Waals surface area (Å²) in [7, 11) is 0. The van der Waals surface area contributed by atoms with Gasteiger partial charge in [0.1, 0.15) is 5.41 Å². The summed E-state index contributed by atoms with van der Waals surface area (Å²) >= 11 is 0. The summed E-state index contributed by atoms with van der Waals surface area (Å²) in [5, 5.41) is 10.8. The van der Waals surface area contributed by atoms with Crippen molar-refractivity contribution in [1.29, 1.82) is 0 Å². The second kappa shape index (κ2) is 11.1. The number of pyridine rings is 2. The Kier molecular flexibility index (Phi) is 7.40. The van der Waals surface area contributed by atoms with Crippen molar-refractivity contribution < 1.29 is 26.2 Å². The minimum atomic E-state index is -0.665. The largest absolute Gasteiger partial charge is 0.515 e.